The predicted molar refractivity (Wildman–Crippen MR) is 143 cm³/mol. The maximum Gasteiger partial charge on any atom is 0.252 e. The lowest BCUT2D eigenvalue weighted by Crippen LogP contribution is -2.38. The lowest BCUT2D eigenvalue weighted by atomic mass is 9.97. The van der Waals surface area contributed by atoms with Crippen LogP contribution >= 0.6 is 11.3 Å². The summed E-state index contributed by atoms with van der Waals surface area (Å²) in [6, 6.07) is 10.4. The van der Waals surface area contributed by atoms with Gasteiger partial charge in [-0.25, -0.2) is 4.68 Å². The van der Waals surface area contributed by atoms with E-state index in [-0.39, 0.29) is 23.1 Å². The van der Waals surface area contributed by atoms with Crippen LogP contribution in [0.5, 0.6) is 0 Å². The molecule has 0 unspecified atom stereocenters. The lowest BCUT2D eigenvalue weighted by Gasteiger charge is -2.35. The molecule has 7 nitrogen and oxygen atoms in total. The number of fused-ring (bicyclic) bond motifs is 1. The molecule has 0 amide bonds. The molecule has 0 aliphatic heterocycles. The molecule has 186 valence electrons. The maximum atomic E-state index is 13.2. The van der Waals surface area contributed by atoms with Crippen LogP contribution in [0.25, 0.3) is 10.9 Å². The average Bonchev–Trinajstić information content (AvgIpc) is 3.48. The van der Waals surface area contributed by atoms with Crippen LogP contribution in [0, 0.1) is 19.8 Å². The lowest BCUT2D eigenvalue weighted by molar-refractivity contribution is 0.119. The highest BCUT2D eigenvalue weighted by Gasteiger charge is 2.34. The molecule has 4 rings (SSSR count). The molecular weight excluding hydrogens is 456 g/mol. The summed E-state index contributed by atoms with van der Waals surface area (Å²) >= 11 is 1.73. The molecule has 1 aromatic carbocycles. The van der Waals surface area contributed by atoms with E-state index in [4.69, 9.17) is 0 Å². The van der Waals surface area contributed by atoms with Crippen molar-refractivity contribution >= 4 is 22.2 Å². The zero-order valence-corrected chi connectivity index (χ0v) is 22.6. The summed E-state index contributed by atoms with van der Waals surface area (Å²) < 4.78 is 1.97. The maximum absolute atomic E-state index is 13.2. The van der Waals surface area contributed by atoms with Gasteiger partial charge in [0.15, 0.2) is 5.82 Å². The SMILES string of the molecule is CCC(C)(C)n1nnnc1[C@H](C(C)C)N(Cc1cccs1)Cc1cc2cc(C)c(C)cc2[nH]c1=O. The number of H-pyrrole nitrogens is 1. The van der Waals surface area contributed by atoms with Crippen molar-refractivity contribution in [1.82, 2.24) is 30.1 Å². The van der Waals surface area contributed by atoms with Crippen LogP contribution in [0.3, 0.4) is 0 Å². The summed E-state index contributed by atoms with van der Waals surface area (Å²) in [6.07, 6.45) is 0.907. The molecule has 0 saturated carbocycles. The Kier molecular flexibility index (Phi) is 7.24. The molecule has 0 aliphatic carbocycles. The van der Waals surface area contributed by atoms with E-state index >= 15 is 0 Å². The highest BCUT2D eigenvalue weighted by atomic mass is 32.1. The van der Waals surface area contributed by atoms with Crippen LogP contribution in [0.2, 0.25) is 0 Å². The number of aromatic amines is 1. The van der Waals surface area contributed by atoms with Gasteiger partial charge in [0, 0.05) is 29.0 Å². The Hall–Kier alpha value is -2.84. The van der Waals surface area contributed by atoms with E-state index in [2.05, 4.69) is 104 Å². The van der Waals surface area contributed by atoms with Gasteiger partial charge in [0.05, 0.1) is 11.6 Å². The summed E-state index contributed by atoms with van der Waals surface area (Å²) in [7, 11) is 0. The van der Waals surface area contributed by atoms with Gasteiger partial charge in [0.1, 0.15) is 0 Å². The molecule has 1 atom stereocenters. The van der Waals surface area contributed by atoms with Gasteiger partial charge >= 0.3 is 0 Å². The quantitative estimate of drug-likeness (QED) is 0.322. The third kappa shape index (κ3) is 5.23. The van der Waals surface area contributed by atoms with Gasteiger partial charge < -0.3 is 4.98 Å². The minimum absolute atomic E-state index is 0.0482. The van der Waals surface area contributed by atoms with Gasteiger partial charge in [0.2, 0.25) is 0 Å². The van der Waals surface area contributed by atoms with Gasteiger partial charge in [-0.3, -0.25) is 9.69 Å². The fourth-order valence-electron chi connectivity index (χ4n) is 4.56. The molecule has 0 radical (unpaired) electrons. The third-order valence-electron chi connectivity index (χ3n) is 7.07. The first-order chi connectivity index (χ1) is 16.6. The fourth-order valence-corrected chi connectivity index (χ4v) is 5.29. The molecule has 4 aromatic rings. The first kappa shape index (κ1) is 25.3. The largest absolute Gasteiger partial charge is 0.322 e. The van der Waals surface area contributed by atoms with Crippen molar-refractivity contribution in [3.8, 4) is 0 Å². The molecule has 0 bridgehead atoms. The Morgan fingerprint density at radius 3 is 2.54 bits per heavy atom. The Balaban J connectivity index is 1.80. The number of nitrogens with zero attached hydrogens (tertiary/aromatic N) is 5. The second kappa shape index (κ2) is 10.0. The number of benzene rings is 1. The number of aryl methyl sites for hydroxylation is 2. The van der Waals surface area contributed by atoms with Crippen molar-refractivity contribution in [3.63, 3.8) is 0 Å². The zero-order valence-electron chi connectivity index (χ0n) is 21.8. The monoisotopic (exact) mass is 492 g/mol. The van der Waals surface area contributed by atoms with E-state index in [1.807, 2.05) is 10.7 Å². The summed E-state index contributed by atoms with van der Waals surface area (Å²) in [5.74, 6) is 1.07. The van der Waals surface area contributed by atoms with Gasteiger partial charge in [0.25, 0.3) is 5.56 Å². The van der Waals surface area contributed by atoms with Crippen LogP contribution in [0.1, 0.15) is 74.5 Å². The van der Waals surface area contributed by atoms with Crippen LogP contribution in [-0.4, -0.2) is 30.1 Å². The number of nitrogens with one attached hydrogen (secondary N) is 1. The number of hydrogen-bond donors (Lipinski definition) is 1. The minimum Gasteiger partial charge on any atom is -0.322 e. The predicted octanol–water partition coefficient (Wildman–Crippen LogP) is 5.74. The molecule has 1 N–H and O–H groups in total. The van der Waals surface area contributed by atoms with Gasteiger partial charge in [-0.1, -0.05) is 26.8 Å². The van der Waals surface area contributed by atoms with Gasteiger partial charge in [-0.2, -0.15) is 0 Å². The van der Waals surface area contributed by atoms with E-state index in [1.54, 1.807) is 11.3 Å². The Morgan fingerprint density at radius 1 is 1.14 bits per heavy atom. The van der Waals surface area contributed by atoms with E-state index in [9.17, 15) is 4.79 Å². The highest BCUT2D eigenvalue weighted by molar-refractivity contribution is 7.09. The number of thiophene rings is 1. The van der Waals surface area contributed by atoms with Crippen LogP contribution in [0.4, 0.5) is 0 Å². The number of tetrazole rings is 1. The molecule has 3 heterocycles. The normalized spacial score (nSPS) is 13.3. The Morgan fingerprint density at radius 2 is 1.89 bits per heavy atom. The molecule has 0 fully saturated rings. The van der Waals surface area contributed by atoms with Crippen LogP contribution in [0.15, 0.2) is 40.5 Å². The molecule has 35 heavy (non-hydrogen) atoms. The number of aromatic nitrogens is 5. The van der Waals surface area contributed by atoms with Crippen molar-refractivity contribution in [3.05, 3.63) is 73.5 Å². The Bertz CT molecular complexity index is 1350. The van der Waals surface area contributed by atoms with Crippen molar-refractivity contribution < 1.29 is 0 Å². The molecule has 0 saturated heterocycles. The number of hydrogen-bond acceptors (Lipinski definition) is 6. The third-order valence-corrected chi connectivity index (χ3v) is 7.93. The van der Waals surface area contributed by atoms with E-state index in [0.29, 0.717) is 13.1 Å². The highest BCUT2D eigenvalue weighted by Crippen LogP contribution is 2.33. The minimum atomic E-state index is -0.212. The molecule has 0 spiro atoms. The Labute approximate surface area is 211 Å². The van der Waals surface area contributed by atoms with Crippen molar-refractivity contribution in [2.75, 3.05) is 0 Å². The molecular formula is C27H36N6OS. The van der Waals surface area contributed by atoms with E-state index in [1.165, 1.54) is 16.0 Å². The van der Waals surface area contributed by atoms with E-state index in [0.717, 1.165) is 28.7 Å². The van der Waals surface area contributed by atoms with Crippen LogP contribution < -0.4 is 5.56 Å². The number of pyridine rings is 1. The van der Waals surface area contributed by atoms with Gasteiger partial charge in [-0.15, -0.1) is 16.4 Å². The molecule has 0 aliphatic rings. The second-order valence-corrected chi connectivity index (χ2v) is 11.5. The smallest absolute Gasteiger partial charge is 0.252 e. The second-order valence-electron chi connectivity index (χ2n) is 10.4. The van der Waals surface area contributed by atoms with Crippen molar-refractivity contribution in [2.24, 2.45) is 5.92 Å². The first-order valence-electron chi connectivity index (χ1n) is 12.3. The summed E-state index contributed by atoms with van der Waals surface area (Å²) in [5, 5.41) is 16.1. The number of rotatable bonds is 9. The summed E-state index contributed by atoms with van der Waals surface area (Å²) in [6.45, 7) is 16.2. The summed E-state index contributed by atoms with van der Waals surface area (Å²) in [5.41, 5.74) is 3.75. The average molecular weight is 493 g/mol. The van der Waals surface area contributed by atoms with Gasteiger partial charge in [-0.05, 0) is 96.6 Å². The topological polar surface area (TPSA) is 79.7 Å². The first-order valence-corrected chi connectivity index (χ1v) is 13.2. The zero-order chi connectivity index (χ0) is 25.3. The molecule has 8 heteroatoms. The van der Waals surface area contributed by atoms with Crippen LogP contribution in [-0.2, 0) is 18.6 Å². The molecule has 3 aromatic heterocycles. The fraction of sp³-hybridized carbons (Fsp3) is 0.481. The van der Waals surface area contributed by atoms with Crippen molar-refractivity contribution in [2.45, 2.75) is 79.6 Å². The summed E-state index contributed by atoms with van der Waals surface area (Å²) in [4.78, 5) is 19.9. The van der Waals surface area contributed by atoms with E-state index < -0.39 is 0 Å². The standard InChI is InChI=1S/C27H36N6OS/c1-8-27(6,7)33-25(29-30-31-33)24(17(2)3)32(16-22-10-9-11-35-22)15-21-14-20-12-18(4)19(5)13-23(20)28-26(21)34/h9-14,17,24H,8,15-16H2,1-7H3,(H,28,34)/t24-/m0/s1. The van der Waals surface area contributed by atoms with Crippen molar-refractivity contribution in [1.29, 1.82) is 0 Å².